The fraction of sp³-hybridized carbons (Fsp3) is 0.250. The molecule has 19 heavy (non-hydrogen) atoms. The van der Waals surface area contributed by atoms with Crippen molar-refractivity contribution < 1.29 is 0 Å². The SMILES string of the molecule is Cc1cc(Cl)c(C(Br)Cc2ccc(Cl)cc2)cc1C. The lowest BCUT2D eigenvalue weighted by Gasteiger charge is -2.14. The summed E-state index contributed by atoms with van der Waals surface area (Å²) in [4.78, 5) is 0.209. The minimum Gasteiger partial charge on any atom is -0.0843 e. The van der Waals surface area contributed by atoms with Gasteiger partial charge in [0.1, 0.15) is 0 Å². The van der Waals surface area contributed by atoms with Gasteiger partial charge in [0.25, 0.3) is 0 Å². The van der Waals surface area contributed by atoms with Crippen LogP contribution in [0.15, 0.2) is 36.4 Å². The highest BCUT2D eigenvalue weighted by atomic mass is 79.9. The molecule has 0 aromatic heterocycles. The van der Waals surface area contributed by atoms with Gasteiger partial charge in [-0.15, -0.1) is 0 Å². The highest BCUT2D eigenvalue weighted by Gasteiger charge is 2.13. The number of rotatable bonds is 3. The van der Waals surface area contributed by atoms with Crippen molar-refractivity contribution in [2.45, 2.75) is 25.1 Å². The van der Waals surface area contributed by atoms with Gasteiger partial charge in [0.05, 0.1) is 0 Å². The van der Waals surface area contributed by atoms with Crippen LogP contribution in [0, 0.1) is 13.8 Å². The molecule has 0 bridgehead atoms. The van der Waals surface area contributed by atoms with Crippen molar-refractivity contribution >= 4 is 39.1 Å². The van der Waals surface area contributed by atoms with Crippen LogP contribution >= 0.6 is 39.1 Å². The molecule has 0 N–H and O–H groups in total. The maximum Gasteiger partial charge on any atom is 0.0452 e. The van der Waals surface area contributed by atoms with Gasteiger partial charge in [0, 0.05) is 14.9 Å². The lowest BCUT2D eigenvalue weighted by atomic mass is 10.0. The predicted octanol–water partition coefficient (Wildman–Crippen LogP) is 6.29. The van der Waals surface area contributed by atoms with Crippen molar-refractivity contribution in [3.63, 3.8) is 0 Å². The summed E-state index contributed by atoms with van der Waals surface area (Å²) in [6.07, 6.45) is 0.888. The topological polar surface area (TPSA) is 0 Å². The lowest BCUT2D eigenvalue weighted by molar-refractivity contribution is 0.945. The Hall–Kier alpha value is -0.500. The van der Waals surface area contributed by atoms with Crippen molar-refractivity contribution in [2.75, 3.05) is 0 Å². The first-order chi connectivity index (χ1) is 8.97. The predicted molar refractivity (Wildman–Crippen MR) is 87.8 cm³/mol. The number of hydrogen-bond donors (Lipinski definition) is 0. The Labute approximate surface area is 132 Å². The molecule has 1 atom stereocenters. The summed E-state index contributed by atoms with van der Waals surface area (Å²) >= 11 is 16.0. The quantitative estimate of drug-likeness (QED) is 0.566. The molecule has 0 saturated carbocycles. The first kappa shape index (κ1) is 14.9. The molecule has 0 aliphatic heterocycles. The van der Waals surface area contributed by atoms with Gasteiger partial charge in [0.15, 0.2) is 0 Å². The first-order valence-corrected chi connectivity index (χ1v) is 7.79. The van der Waals surface area contributed by atoms with Gasteiger partial charge in [-0.3, -0.25) is 0 Å². The minimum absolute atomic E-state index is 0.209. The average Bonchev–Trinajstić information content (AvgIpc) is 2.36. The summed E-state index contributed by atoms with van der Waals surface area (Å²) in [6.45, 7) is 4.19. The Bertz CT molecular complexity index is 576. The number of halogens is 3. The van der Waals surface area contributed by atoms with Crippen LogP contribution in [0.1, 0.15) is 27.1 Å². The van der Waals surface area contributed by atoms with E-state index in [0.717, 1.165) is 22.0 Å². The highest BCUT2D eigenvalue weighted by Crippen LogP contribution is 2.34. The zero-order valence-electron chi connectivity index (χ0n) is 10.9. The van der Waals surface area contributed by atoms with Crippen molar-refractivity contribution in [1.29, 1.82) is 0 Å². The largest absolute Gasteiger partial charge is 0.0843 e. The summed E-state index contributed by atoms with van der Waals surface area (Å²) in [6, 6.07) is 12.1. The van der Waals surface area contributed by atoms with Gasteiger partial charge >= 0.3 is 0 Å². The third-order valence-electron chi connectivity index (χ3n) is 3.28. The van der Waals surface area contributed by atoms with Crippen LogP contribution in [-0.2, 0) is 6.42 Å². The second-order valence-corrected chi connectivity index (χ2v) is 6.71. The molecule has 0 nitrogen and oxygen atoms in total. The zero-order chi connectivity index (χ0) is 14.0. The van der Waals surface area contributed by atoms with Gasteiger partial charge in [-0.05, 0) is 60.7 Å². The van der Waals surface area contributed by atoms with E-state index in [0.29, 0.717) is 0 Å². The molecular formula is C16H15BrCl2. The van der Waals surface area contributed by atoms with Gasteiger partial charge in [-0.25, -0.2) is 0 Å². The van der Waals surface area contributed by atoms with Crippen molar-refractivity contribution in [3.8, 4) is 0 Å². The van der Waals surface area contributed by atoms with Crippen molar-refractivity contribution in [3.05, 3.63) is 68.7 Å². The molecule has 3 heteroatoms. The van der Waals surface area contributed by atoms with E-state index in [9.17, 15) is 0 Å². The molecule has 0 amide bonds. The Morgan fingerprint density at radius 3 is 2.21 bits per heavy atom. The maximum absolute atomic E-state index is 6.34. The molecule has 0 radical (unpaired) electrons. The van der Waals surface area contributed by atoms with Gasteiger partial charge in [-0.1, -0.05) is 57.3 Å². The van der Waals surface area contributed by atoms with Crippen LogP contribution < -0.4 is 0 Å². The Morgan fingerprint density at radius 2 is 1.58 bits per heavy atom. The molecule has 0 aliphatic carbocycles. The van der Waals surface area contributed by atoms with Crippen LogP contribution in [0.4, 0.5) is 0 Å². The minimum atomic E-state index is 0.209. The maximum atomic E-state index is 6.34. The van der Waals surface area contributed by atoms with E-state index in [1.807, 2.05) is 30.3 Å². The summed E-state index contributed by atoms with van der Waals surface area (Å²) in [7, 11) is 0. The standard InChI is InChI=1S/C16H15BrCl2/c1-10-7-14(16(19)8-11(10)2)15(17)9-12-3-5-13(18)6-4-12/h3-8,15H,9H2,1-2H3. The molecule has 100 valence electrons. The third kappa shape index (κ3) is 3.75. The molecule has 2 rings (SSSR count). The summed E-state index contributed by atoms with van der Waals surface area (Å²) in [5.41, 5.74) is 4.86. The Morgan fingerprint density at radius 1 is 1.00 bits per heavy atom. The average molecular weight is 358 g/mol. The highest BCUT2D eigenvalue weighted by molar-refractivity contribution is 9.09. The van der Waals surface area contributed by atoms with Gasteiger partial charge in [0.2, 0.25) is 0 Å². The summed E-state index contributed by atoms with van der Waals surface area (Å²) < 4.78 is 0. The van der Waals surface area contributed by atoms with Gasteiger partial charge in [-0.2, -0.15) is 0 Å². The molecule has 1 unspecified atom stereocenters. The molecule has 0 heterocycles. The Kier molecular flexibility index (Phi) is 4.94. The van der Waals surface area contributed by atoms with Crippen molar-refractivity contribution in [1.82, 2.24) is 0 Å². The van der Waals surface area contributed by atoms with Crippen LogP contribution in [0.3, 0.4) is 0 Å². The normalized spacial score (nSPS) is 12.5. The molecule has 2 aromatic carbocycles. The zero-order valence-corrected chi connectivity index (χ0v) is 14.0. The van der Waals surface area contributed by atoms with E-state index in [1.54, 1.807) is 0 Å². The van der Waals surface area contributed by atoms with Crippen LogP contribution in [0.2, 0.25) is 10.0 Å². The van der Waals surface area contributed by atoms with E-state index < -0.39 is 0 Å². The number of alkyl halides is 1. The van der Waals surface area contributed by atoms with E-state index in [4.69, 9.17) is 23.2 Å². The number of aryl methyl sites for hydroxylation is 2. The molecular weight excluding hydrogens is 343 g/mol. The fourth-order valence-corrected chi connectivity index (χ4v) is 3.34. The second-order valence-electron chi connectivity index (χ2n) is 4.76. The third-order valence-corrected chi connectivity index (χ3v) is 4.67. The second kappa shape index (κ2) is 6.30. The molecule has 0 fully saturated rings. The molecule has 2 aromatic rings. The van der Waals surface area contributed by atoms with Crippen LogP contribution in [-0.4, -0.2) is 0 Å². The fourth-order valence-electron chi connectivity index (χ4n) is 1.98. The monoisotopic (exact) mass is 356 g/mol. The summed E-state index contributed by atoms with van der Waals surface area (Å²) in [5.74, 6) is 0. The van der Waals surface area contributed by atoms with E-state index >= 15 is 0 Å². The van der Waals surface area contributed by atoms with Crippen LogP contribution in [0.25, 0.3) is 0 Å². The van der Waals surface area contributed by atoms with E-state index in [1.165, 1.54) is 16.7 Å². The number of hydrogen-bond acceptors (Lipinski definition) is 0. The summed E-state index contributed by atoms with van der Waals surface area (Å²) in [5, 5.41) is 1.58. The van der Waals surface area contributed by atoms with Gasteiger partial charge < -0.3 is 0 Å². The smallest absolute Gasteiger partial charge is 0.0452 e. The van der Waals surface area contributed by atoms with Crippen molar-refractivity contribution in [2.24, 2.45) is 0 Å². The Balaban J connectivity index is 2.22. The number of benzene rings is 2. The first-order valence-electron chi connectivity index (χ1n) is 6.12. The molecule has 0 saturated heterocycles. The van der Waals surface area contributed by atoms with E-state index in [-0.39, 0.29) is 4.83 Å². The lowest BCUT2D eigenvalue weighted by Crippen LogP contribution is -1.98. The molecule has 0 spiro atoms. The van der Waals surface area contributed by atoms with E-state index in [2.05, 4.69) is 35.8 Å². The van der Waals surface area contributed by atoms with Crippen LogP contribution in [0.5, 0.6) is 0 Å². The molecule has 0 aliphatic rings.